The lowest BCUT2D eigenvalue weighted by Crippen LogP contribution is -2.17. The van der Waals surface area contributed by atoms with Gasteiger partial charge in [-0.15, -0.1) is 0 Å². The quantitative estimate of drug-likeness (QED) is 0.935. The van der Waals surface area contributed by atoms with Crippen LogP contribution in [0.2, 0.25) is 0 Å². The molecule has 1 heterocycles. The van der Waals surface area contributed by atoms with Crippen LogP contribution in [-0.4, -0.2) is 16.7 Å². The minimum Gasteiger partial charge on any atom is -0.339 e. The zero-order chi connectivity index (χ0) is 14.1. The topological polar surface area (TPSA) is 64.9 Å². The number of aromatic nitrogens is 2. The third kappa shape index (κ3) is 2.45. The molecule has 2 aromatic rings. The summed E-state index contributed by atoms with van der Waals surface area (Å²) in [6.07, 6.45) is 3.28. The average Bonchev–Trinajstić information content (AvgIpc) is 3.06. The van der Waals surface area contributed by atoms with Crippen molar-refractivity contribution in [2.45, 2.75) is 32.1 Å². The molecule has 0 saturated heterocycles. The first-order valence-electron chi connectivity index (χ1n) is 6.98. The number of aryl methyl sites for hydroxylation is 1. The van der Waals surface area contributed by atoms with Gasteiger partial charge in [0, 0.05) is 11.5 Å². The second kappa shape index (κ2) is 5.32. The minimum absolute atomic E-state index is 0.246. The zero-order valence-electron chi connectivity index (χ0n) is 11.5. The van der Waals surface area contributed by atoms with Crippen molar-refractivity contribution in [2.24, 2.45) is 11.7 Å². The average molecular weight is 275 g/mol. The minimum atomic E-state index is -0.285. The van der Waals surface area contributed by atoms with Crippen LogP contribution in [-0.2, 0) is 0 Å². The van der Waals surface area contributed by atoms with Crippen molar-refractivity contribution >= 4 is 0 Å². The smallest absolute Gasteiger partial charge is 0.230 e. The number of rotatable bonds is 3. The summed E-state index contributed by atoms with van der Waals surface area (Å²) in [5, 5.41) is 3.99. The molecule has 5 heteroatoms. The van der Waals surface area contributed by atoms with Gasteiger partial charge in [0.1, 0.15) is 5.82 Å². The van der Waals surface area contributed by atoms with E-state index < -0.39 is 0 Å². The van der Waals surface area contributed by atoms with E-state index in [0.29, 0.717) is 29.7 Å². The summed E-state index contributed by atoms with van der Waals surface area (Å²) in [7, 11) is 0. The fourth-order valence-corrected chi connectivity index (χ4v) is 3.01. The Labute approximate surface area is 117 Å². The van der Waals surface area contributed by atoms with Crippen molar-refractivity contribution in [3.63, 3.8) is 0 Å². The fourth-order valence-electron chi connectivity index (χ4n) is 3.01. The molecule has 2 N–H and O–H groups in total. The van der Waals surface area contributed by atoms with Gasteiger partial charge in [-0.3, -0.25) is 0 Å². The molecular formula is C15H18FN3O. The van der Waals surface area contributed by atoms with Crippen LogP contribution < -0.4 is 5.73 Å². The van der Waals surface area contributed by atoms with E-state index >= 15 is 0 Å². The van der Waals surface area contributed by atoms with E-state index in [1.165, 1.54) is 12.1 Å². The fraction of sp³-hybridized carbons (Fsp3) is 0.467. The number of nitrogens with two attached hydrogens (primary N) is 1. The van der Waals surface area contributed by atoms with Gasteiger partial charge in [0.2, 0.25) is 11.7 Å². The van der Waals surface area contributed by atoms with Crippen molar-refractivity contribution in [3.8, 4) is 11.4 Å². The summed E-state index contributed by atoms with van der Waals surface area (Å²) in [5.41, 5.74) is 7.27. The molecule has 0 radical (unpaired) electrons. The maximum Gasteiger partial charge on any atom is 0.230 e. The van der Waals surface area contributed by atoms with Gasteiger partial charge in [-0.05, 0) is 56.0 Å². The standard InChI is InChI=1S/C15H18FN3O/c1-9-5-11(7-12(16)6-9)14-18-15(20-19-14)13-4-2-3-10(13)8-17/h5-7,10,13H,2-4,8,17H2,1H3. The monoisotopic (exact) mass is 275 g/mol. The number of halogens is 1. The Morgan fingerprint density at radius 1 is 1.35 bits per heavy atom. The van der Waals surface area contributed by atoms with Crippen molar-refractivity contribution in [1.29, 1.82) is 0 Å². The summed E-state index contributed by atoms with van der Waals surface area (Å²) in [6.45, 7) is 2.48. The molecule has 1 aromatic carbocycles. The Kier molecular flexibility index (Phi) is 3.53. The predicted octanol–water partition coefficient (Wildman–Crippen LogP) is 3.03. The second-order valence-corrected chi connectivity index (χ2v) is 5.51. The Bertz CT molecular complexity index is 591. The van der Waals surface area contributed by atoms with Crippen LogP contribution in [0.5, 0.6) is 0 Å². The van der Waals surface area contributed by atoms with E-state index in [0.717, 1.165) is 24.8 Å². The molecule has 1 saturated carbocycles. The van der Waals surface area contributed by atoms with Gasteiger partial charge >= 0.3 is 0 Å². The molecule has 0 bridgehead atoms. The number of hydrogen-bond donors (Lipinski definition) is 1. The Balaban J connectivity index is 1.90. The van der Waals surface area contributed by atoms with Crippen LogP contribution >= 0.6 is 0 Å². The number of nitrogens with zero attached hydrogens (tertiary/aromatic N) is 2. The van der Waals surface area contributed by atoms with Gasteiger partial charge < -0.3 is 10.3 Å². The first kappa shape index (κ1) is 13.2. The van der Waals surface area contributed by atoms with Crippen LogP contribution in [0.25, 0.3) is 11.4 Å². The molecule has 1 aromatic heterocycles. The Hall–Kier alpha value is -1.75. The lowest BCUT2D eigenvalue weighted by Gasteiger charge is -2.12. The summed E-state index contributed by atoms with van der Waals surface area (Å²) in [4.78, 5) is 4.44. The Morgan fingerprint density at radius 3 is 2.95 bits per heavy atom. The van der Waals surface area contributed by atoms with Gasteiger partial charge in [0.15, 0.2) is 0 Å². The van der Waals surface area contributed by atoms with Gasteiger partial charge in [0.25, 0.3) is 0 Å². The highest BCUT2D eigenvalue weighted by molar-refractivity contribution is 5.55. The van der Waals surface area contributed by atoms with Gasteiger partial charge in [-0.2, -0.15) is 4.98 Å². The highest BCUT2D eigenvalue weighted by Crippen LogP contribution is 2.38. The van der Waals surface area contributed by atoms with Gasteiger partial charge in [0.05, 0.1) is 0 Å². The molecule has 3 rings (SSSR count). The molecule has 0 aliphatic heterocycles. The Morgan fingerprint density at radius 2 is 2.20 bits per heavy atom. The van der Waals surface area contributed by atoms with E-state index in [4.69, 9.17) is 10.3 Å². The van der Waals surface area contributed by atoms with Crippen LogP contribution in [0.1, 0.15) is 36.6 Å². The summed E-state index contributed by atoms with van der Waals surface area (Å²) < 4.78 is 18.8. The molecule has 1 aliphatic carbocycles. The van der Waals surface area contributed by atoms with Crippen molar-refractivity contribution in [3.05, 3.63) is 35.5 Å². The van der Waals surface area contributed by atoms with E-state index in [2.05, 4.69) is 10.1 Å². The summed E-state index contributed by atoms with van der Waals surface area (Å²) in [6, 6.07) is 4.76. The SMILES string of the molecule is Cc1cc(F)cc(-c2noc(C3CCCC3CN)n2)c1. The molecule has 0 amide bonds. The van der Waals surface area contributed by atoms with Crippen LogP contribution in [0.15, 0.2) is 22.7 Å². The van der Waals surface area contributed by atoms with Crippen molar-refractivity contribution in [2.75, 3.05) is 6.54 Å². The lowest BCUT2D eigenvalue weighted by molar-refractivity contribution is 0.326. The number of hydrogen-bond acceptors (Lipinski definition) is 4. The number of benzene rings is 1. The largest absolute Gasteiger partial charge is 0.339 e. The molecule has 0 spiro atoms. The molecule has 4 nitrogen and oxygen atoms in total. The first-order valence-corrected chi connectivity index (χ1v) is 6.98. The third-order valence-corrected chi connectivity index (χ3v) is 4.02. The third-order valence-electron chi connectivity index (χ3n) is 4.02. The van der Waals surface area contributed by atoms with Crippen LogP contribution in [0.3, 0.4) is 0 Å². The van der Waals surface area contributed by atoms with Crippen molar-refractivity contribution < 1.29 is 8.91 Å². The zero-order valence-corrected chi connectivity index (χ0v) is 11.5. The van der Waals surface area contributed by atoms with Crippen LogP contribution in [0, 0.1) is 18.7 Å². The van der Waals surface area contributed by atoms with E-state index in [1.54, 1.807) is 0 Å². The van der Waals surface area contributed by atoms with Gasteiger partial charge in [-0.25, -0.2) is 4.39 Å². The van der Waals surface area contributed by atoms with Crippen molar-refractivity contribution in [1.82, 2.24) is 10.1 Å². The maximum absolute atomic E-state index is 13.4. The first-order chi connectivity index (χ1) is 9.67. The molecule has 2 unspecified atom stereocenters. The highest BCUT2D eigenvalue weighted by Gasteiger charge is 2.32. The van der Waals surface area contributed by atoms with Gasteiger partial charge in [-0.1, -0.05) is 11.6 Å². The van der Waals surface area contributed by atoms with E-state index in [1.807, 2.05) is 13.0 Å². The molecule has 1 aliphatic rings. The molecule has 1 fully saturated rings. The summed E-state index contributed by atoms with van der Waals surface area (Å²) >= 11 is 0. The molecule has 2 atom stereocenters. The lowest BCUT2D eigenvalue weighted by atomic mass is 9.96. The van der Waals surface area contributed by atoms with Crippen LogP contribution in [0.4, 0.5) is 4.39 Å². The summed E-state index contributed by atoms with van der Waals surface area (Å²) in [5.74, 6) is 1.46. The molecular weight excluding hydrogens is 257 g/mol. The van der Waals surface area contributed by atoms with E-state index in [-0.39, 0.29) is 11.7 Å². The predicted molar refractivity (Wildman–Crippen MR) is 73.6 cm³/mol. The van der Waals surface area contributed by atoms with E-state index in [9.17, 15) is 4.39 Å². The maximum atomic E-state index is 13.4. The molecule has 20 heavy (non-hydrogen) atoms. The molecule has 106 valence electrons. The normalized spacial score (nSPS) is 22.4. The second-order valence-electron chi connectivity index (χ2n) is 5.51. The highest BCUT2D eigenvalue weighted by atomic mass is 19.1.